The maximum atomic E-state index is 9.47. The Morgan fingerprint density at radius 3 is 1.52 bits per heavy atom. The second-order valence-corrected chi connectivity index (χ2v) is 5.63. The first-order chi connectivity index (χ1) is 10.2. The van der Waals surface area contributed by atoms with Crippen LogP contribution in [0.5, 0.6) is 0 Å². The molecule has 0 unspecified atom stereocenters. The van der Waals surface area contributed by atoms with Crippen molar-refractivity contribution in [2.75, 3.05) is 0 Å². The quantitative estimate of drug-likeness (QED) is 0.174. The van der Waals surface area contributed by atoms with Crippen molar-refractivity contribution in [3.8, 4) is 0 Å². The van der Waals surface area contributed by atoms with Crippen molar-refractivity contribution < 1.29 is 51.9 Å². The summed E-state index contributed by atoms with van der Waals surface area (Å²) >= 11 is 0. The molecule has 0 radical (unpaired) electrons. The summed E-state index contributed by atoms with van der Waals surface area (Å²) in [5, 5.41) is 0. The topological polar surface area (TPSA) is 118 Å². The summed E-state index contributed by atoms with van der Waals surface area (Å²) < 4.78 is 31.6. The fourth-order valence-corrected chi connectivity index (χ4v) is 1.49. The van der Waals surface area contributed by atoms with Crippen LogP contribution in [0.2, 0.25) is 0 Å². The minimum atomic E-state index is -4.67. The molecule has 8 heteroatoms. The predicted octanol–water partition coefficient (Wildman–Crippen LogP) is 0.750. The molecule has 0 saturated carbocycles. The first-order valence-electron chi connectivity index (χ1n) is 7.60. The molecule has 23 heavy (non-hydrogen) atoms. The summed E-state index contributed by atoms with van der Waals surface area (Å²) in [6, 6.07) is 0. The van der Waals surface area contributed by atoms with E-state index in [9.17, 15) is 4.79 Å². The van der Waals surface area contributed by atoms with Gasteiger partial charge in [0.25, 0.3) is 0 Å². The Morgan fingerprint density at radius 2 is 1.30 bits per heavy atom. The molecule has 6 nitrogen and oxygen atoms in total. The van der Waals surface area contributed by atoms with Crippen LogP contribution in [0.4, 0.5) is 0 Å². The summed E-state index contributed by atoms with van der Waals surface area (Å²) in [5.74, 6) is -0.481. The van der Waals surface area contributed by atoms with E-state index >= 15 is 0 Å². The van der Waals surface area contributed by atoms with Gasteiger partial charge in [-0.1, -0.05) is 71.3 Å². The molecule has 0 aromatic heterocycles. The fraction of sp³-hybridized carbons (Fsp3) is 0.733. The summed E-state index contributed by atoms with van der Waals surface area (Å²) in [4.78, 5) is 9.47. The molecule has 0 spiro atoms. The standard InChI is InChI=1S/C12H25.C3H5NO.Na.H2O4S/c1-3-5-7-9-11-12-10-8-6-4-2;1-2-3(4)5;;1-5(2,3)4/h1,3-12H2,2H3;2H,1H2,(H2,4,5);;(H2,1,2,3,4)/q-1;;+1;. The third kappa shape index (κ3) is 72.5. The molecule has 0 saturated heterocycles. The van der Waals surface area contributed by atoms with Crippen LogP contribution in [0.1, 0.15) is 71.1 Å². The summed E-state index contributed by atoms with van der Waals surface area (Å²) in [6.07, 6.45) is 14.9. The van der Waals surface area contributed by atoms with Gasteiger partial charge in [-0.3, -0.25) is 13.9 Å². The predicted molar refractivity (Wildman–Crippen MR) is 90.8 cm³/mol. The SMILES string of the molecule is C=CC(N)=O.O=S(=O)(O)O.[CH2-]CCCCCCCCCCC.[Na+]. The smallest absolute Gasteiger partial charge is 0.366 e. The van der Waals surface area contributed by atoms with Crippen molar-refractivity contribution in [1.29, 1.82) is 0 Å². The van der Waals surface area contributed by atoms with Gasteiger partial charge in [0, 0.05) is 0 Å². The van der Waals surface area contributed by atoms with Gasteiger partial charge in [-0.2, -0.15) is 14.8 Å². The molecule has 0 aromatic rings. The van der Waals surface area contributed by atoms with Gasteiger partial charge in [0.1, 0.15) is 0 Å². The van der Waals surface area contributed by atoms with Crippen LogP contribution in [0.3, 0.4) is 0 Å². The average molecular weight is 361 g/mol. The van der Waals surface area contributed by atoms with Crippen molar-refractivity contribution in [1.82, 2.24) is 0 Å². The third-order valence-electron chi connectivity index (χ3n) is 2.55. The molecule has 134 valence electrons. The molecular formula is C15H32NNaO5S. The summed E-state index contributed by atoms with van der Waals surface area (Å²) in [5.41, 5.74) is 4.53. The minimum Gasteiger partial charge on any atom is -0.366 e. The number of carbonyl (C=O) groups excluding carboxylic acids is 1. The summed E-state index contributed by atoms with van der Waals surface area (Å²) in [6.45, 7) is 9.20. The minimum absolute atomic E-state index is 0. The Kier molecular flexibility index (Phi) is 32.7. The molecular weight excluding hydrogens is 329 g/mol. The van der Waals surface area contributed by atoms with Crippen LogP contribution < -0.4 is 35.3 Å². The van der Waals surface area contributed by atoms with Crippen molar-refractivity contribution in [3.63, 3.8) is 0 Å². The Morgan fingerprint density at radius 1 is 1.04 bits per heavy atom. The van der Waals surface area contributed by atoms with E-state index in [0.29, 0.717) is 0 Å². The van der Waals surface area contributed by atoms with Gasteiger partial charge in [-0.05, 0) is 6.08 Å². The maximum Gasteiger partial charge on any atom is 1.00 e. The van der Waals surface area contributed by atoms with Crippen LogP contribution >= 0.6 is 0 Å². The number of unbranched alkanes of at least 4 members (excludes halogenated alkanes) is 9. The van der Waals surface area contributed by atoms with Crippen LogP contribution in [-0.4, -0.2) is 23.4 Å². The molecule has 0 aliphatic carbocycles. The van der Waals surface area contributed by atoms with Crippen LogP contribution in [-0.2, 0) is 15.2 Å². The molecule has 0 fully saturated rings. The number of hydrogen-bond acceptors (Lipinski definition) is 3. The molecule has 0 heterocycles. The third-order valence-corrected chi connectivity index (χ3v) is 2.55. The summed E-state index contributed by atoms with van der Waals surface area (Å²) in [7, 11) is -4.67. The Balaban J connectivity index is -0.000000137. The van der Waals surface area contributed by atoms with Gasteiger partial charge in [0.2, 0.25) is 5.91 Å². The monoisotopic (exact) mass is 361 g/mol. The Labute approximate surface area is 164 Å². The van der Waals surface area contributed by atoms with E-state index in [1.807, 2.05) is 0 Å². The Bertz CT molecular complexity index is 330. The van der Waals surface area contributed by atoms with Gasteiger partial charge in [0.05, 0.1) is 0 Å². The molecule has 0 aliphatic heterocycles. The van der Waals surface area contributed by atoms with Gasteiger partial charge in [0.15, 0.2) is 0 Å². The van der Waals surface area contributed by atoms with E-state index in [-0.39, 0.29) is 29.6 Å². The van der Waals surface area contributed by atoms with Gasteiger partial charge in [-0.25, -0.2) is 0 Å². The zero-order valence-corrected chi connectivity index (χ0v) is 17.5. The molecule has 0 aliphatic rings. The van der Waals surface area contributed by atoms with Crippen molar-refractivity contribution >= 4 is 16.3 Å². The zero-order chi connectivity index (χ0) is 17.9. The fourth-order valence-electron chi connectivity index (χ4n) is 1.49. The Hall–Kier alpha value is 0.0800. The molecule has 0 bridgehead atoms. The van der Waals surface area contributed by atoms with Crippen molar-refractivity contribution in [3.05, 3.63) is 19.6 Å². The van der Waals surface area contributed by atoms with E-state index in [1.54, 1.807) is 0 Å². The average Bonchev–Trinajstić information content (AvgIpc) is 2.40. The molecule has 0 rings (SSSR count). The molecule has 0 atom stereocenters. The van der Waals surface area contributed by atoms with Gasteiger partial charge in [-0.15, -0.1) is 0 Å². The van der Waals surface area contributed by atoms with Crippen LogP contribution in [0, 0.1) is 6.92 Å². The van der Waals surface area contributed by atoms with E-state index in [2.05, 4.69) is 26.2 Å². The van der Waals surface area contributed by atoms with Crippen molar-refractivity contribution in [2.24, 2.45) is 5.73 Å². The second-order valence-electron chi connectivity index (χ2n) is 4.74. The number of hydrogen-bond donors (Lipinski definition) is 3. The first kappa shape index (κ1) is 30.9. The normalized spacial score (nSPS) is 9.39. The van der Waals surface area contributed by atoms with Crippen molar-refractivity contribution in [2.45, 2.75) is 71.1 Å². The molecule has 1 amide bonds. The van der Waals surface area contributed by atoms with Crippen LogP contribution in [0.25, 0.3) is 0 Å². The maximum absolute atomic E-state index is 9.47. The number of primary amides is 1. The number of carbonyl (C=O) groups is 1. The largest absolute Gasteiger partial charge is 1.00 e. The van der Waals surface area contributed by atoms with E-state index < -0.39 is 16.3 Å². The molecule has 4 N–H and O–H groups in total. The van der Waals surface area contributed by atoms with Gasteiger partial charge >= 0.3 is 40.0 Å². The second kappa shape index (κ2) is 24.3. The zero-order valence-electron chi connectivity index (χ0n) is 14.7. The molecule has 0 aromatic carbocycles. The van der Waals surface area contributed by atoms with E-state index in [0.717, 1.165) is 12.5 Å². The first-order valence-corrected chi connectivity index (χ1v) is 8.99. The van der Waals surface area contributed by atoms with E-state index in [4.69, 9.17) is 17.5 Å². The number of nitrogens with two attached hydrogens (primary N) is 1. The van der Waals surface area contributed by atoms with E-state index in [1.165, 1.54) is 57.8 Å². The van der Waals surface area contributed by atoms with Crippen LogP contribution in [0.15, 0.2) is 12.7 Å². The number of rotatable bonds is 10. The van der Waals surface area contributed by atoms with Gasteiger partial charge < -0.3 is 12.7 Å². The number of amides is 1.